The molecule has 33 heavy (non-hydrogen) atoms. The molecule has 4 rings (SSSR count). The quantitative estimate of drug-likeness (QED) is 0.464. The summed E-state index contributed by atoms with van der Waals surface area (Å²) in [5.74, 6) is 1.01. The van der Waals surface area contributed by atoms with Crippen molar-refractivity contribution in [2.45, 2.75) is 26.7 Å². The van der Waals surface area contributed by atoms with Gasteiger partial charge in [0, 0.05) is 29.6 Å². The van der Waals surface area contributed by atoms with Gasteiger partial charge in [-0.3, -0.25) is 9.69 Å². The zero-order valence-electron chi connectivity index (χ0n) is 19.1. The SMILES string of the molecule is CCCCOC(=O)N1CCN(C(=O)c2ccc3c(C)cc(-c4ccccc4)nc3c2)CSC1. The molecule has 0 bridgehead atoms. The van der Waals surface area contributed by atoms with Gasteiger partial charge in [0.15, 0.2) is 0 Å². The maximum Gasteiger partial charge on any atom is 0.410 e. The predicted molar refractivity (Wildman–Crippen MR) is 133 cm³/mol. The molecular weight excluding hydrogens is 434 g/mol. The topological polar surface area (TPSA) is 62.7 Å². The van der Waals surface area contributed by atoms with E-state index >= 15 is 0 Å². The van der Waals surface area contributed by atoms with Gasteiger partial charge < -0.3 is 9.64 Å². The number of pyridine rings is 1. The number of carbonyl (C=O) groups excluding carboxylic acids is 2. The minimum Gasteiger partial charge on any atom is -0.449 e. The maximum atomic E-state index is 13.3. The molecule has 1 saturated heterocycles. The van der Waals surface area contributed by atoms with Gasteiger partial charge in [0.1, 0.15) is 0 Å². The van der Waals surface area contributed by atoms with Crippen molar-refractivity contribution in [2.24, 2.45) is 0 Å². The first-order valence-corrected chi connectivity index (χ1v) is 12.5. The summed E-state index contributed by atoms with van der Waals surface area (Å²) in [5.41, 5.74) is 4.49. The first-order chi connectivity index (χ1) is 16.1. The number of hydrogen-bond donors (Lipinski definition) is 0. The zero-order valence-corrected chi connectivity index (χ0v) is 19.9. The lowest BCUT2D eigenvalue weighted by atomic mass is 10.0. The maximum absolute atomic E-state index is 13.3. The van der Waals surface area contributed by atoms with Gasteiger partial charge in [-0.2, -0.15) is 0 Å². The van der Waals surface area contributed by atoms with Gasteiger partial charge in [0.05, 0.1) is 29.6 Å². The molecule has 0 saturated carbocycles. The van der Waals surface area contributed by atoms with Crippen molar-refractivity contribution in [3.05, 3.63) is 65.7 Å². The van der Waals surface area contributed by atoms with E-state index in [1.54, 1.807) is 21.6 Å². The fourth-order valence-electron chi connectivity index (χ4n) is 3.81. The molecule has 0 radical (unpaired) electrons. The van der Waals surface area contributed by atoms with Crippen LogP contribution in [-0.2, 0) is 4.74 Å². The predicted octanol–water partition coefficient (Wildman–Crippen LogP) is 5.55. The van der Waals surface area contributed by atoms with Crippen molar-refractivity contribution < 1.29 is 14.3 Å². The molecule has 0 spiro atoms. The van der Waals surface area contributed by atoms with Crippen LogP contribution in [0.25, 0.3) is 22.2 Å². The summed E-state index contributed by atoms with van der Waals surface area (Å²) in [6.07, 6.45) is 1.54. The lowest BCUT2D eigenvalue weighted by Gasteiger charge is -2.21. The van der Waals surface area contributed by atoms with Crippen LogP contribution in [-0.4, -0.2) is 58.2 Å². The number of unbranched alkanes of at least 4 members (excludes halogenated alkanes) is 1. The summed E-state index contributed by atoms with van der Waals surface area (Å²) >= 11 is 1.54. The summed E-state index contributed by atoms with van der Waals surface area (Å²) in [6.45, 7) is 5.51. The van der Waals surface area contributed by atoms with Gasteiger partial charge in [-0.1, -0.05) is 49.7 Å². The third-order valence-corrected chi connectivity index (χ3v) is 6.72. The number of carbonyl (C=O) groups is 2. The van der Waals surface area contributed by atoms with Gasteiger partial charge in [0.25, 0.3) is 5.91 Å². The minimum absolute atomic E-state index is 0.0461. The van der Waals surface area contributed by atoms with Crippen molar-refractivity contribution in [2.75, 3.05) is 31.4 Å². The molecule has 1 aliphatic rings. The zero-order chi connectivity index (χ0) is 23.2. The van der Waals surface area contributed by atoms with Gasteiger partial charge in [-0.05, 0) is 37.1 Å². The minimum atomic E-state index is -0.302. The van der Waals surface area contributed by atoms with E-state index in [-0.39, 0.29) is 12.0 Å². The van der Waals surface area contributed by atoms with Crippen LogP contribution in [0.5, 0.6) is 0 Å². The van der Waals surface area contributed by atoms with Gasteiger partial charge in [-0.15, -0.1) is 11.8 Å². The molecule has 6 nitrogen and oxygen atoms in total. The summed E-state index contributed by atoms with van der Waals surface area (Å²) < 4.78 is 5.33. The van der Waals surface area contributed by atoms with Crippen molar-refractivity contribution in [1.82, 2.24) is 14.8 Å². The number of thioether (sulfide) groups is 1. The Morgan fingerprint density at radius 2 is 1.79 bits per heavy atom. The van der Waals surface area contributed by atoms with Crippen LogP contribution >= 0.6 is 11.8 Å². The second-order valence-corrected chi connectivity index (χ2v) is 9.11. The summed E-state index contributed by atoms with van der Waals surface area (Å²) in [5, 5.41) is 1.04. The van der Waals surface area contributed by atoms with E-state index in [1.165, 1.54) is 0 Å². The van der Waals surface area contributed by atoms with Crippen LogP contribution in [0.1, 0.15) is 35.7 Å². The van der Waals surface area contributed by atoms with Gasteiger partial charge >= 0.3 is 6.09 Å². The number of aryl methyl sites for hydroxylation is 1. The lowest BCUT2D eigenvalue weighted by molar-refractivity contribution is 0.0760. The first kappa shape index (κ1) is 23.1. The molecule has 0 atom stereocenters. The van der Waals surface area contributed by atoms with Gasteiger partial charge in [0.2, 0.25) is 0 Å². The number of fused-ring (bicyclic) bond motifs is 1. The van der Waals surface area contributed by atoms with E-state index in [4.69, 9.17) is 9.72 Å². The summed E-state index contributed by atoms with van der Waals surface area (Å²) in [6, 6.07) is 17.9. The van der Waals surface area contributed by atoms with Gasteiger partial charge in [-0.25, -0.2) is 9.78 Å². The highest BCUT2D eigenvalue weighted by molar-refractivity contribution is 7.99. The molecule has 2 amide bonds. The van der Waals surface area contributed by atoms with Crippen molar-refractivity contribution >= 4 is 34.7 Å². The van der Waals surface area contributed by atoms with Crippen molar-refractivity contribution in [3.63, 3.8) is 0 Å². The molecular formula is C26H29N3O3S. The molecule has 2 heterocycles. The molecule has 1 fully saturated rings. The standard InChI is InChI=1S/C26H29N3O3S/c1-3-4-14-32-26(31)29-13-12-28(17-33-18-29)25(30)21-10-11-22-19(2)15-23(27-24(22)16-21)20-8-6-5-7-9-20/h5-11,15-16H,3-4,12-14,17-18H2,1-2H3. The Morgan fingerprint density at radius 1 is 1.03 bits per heavy atom. The number of aromatic nitrogens is 1. The highest BCUT2D eigenvalue weighted by Gasteiger charge is 2.24. The highest BCUT2D eigenvalue weighted by Crippen LogP contribution is 2.26. The fourth-order valence-corrected chi connectivity index (χ4v) is 4.81. The lowest BCUT2D eigenvalue weighted by Crippen LogP contribution is -2.37. The molecule has 0 aliphatic carbocycles. The van der Waals surface area contributed by atoms with E-state index in [1.807, 2.05) is 48.5 Å². The third-order valence-electron chi connectivity index (χ3n) is 5.74. The van der Waals surface area contributed by atoms with Crippen LogP contribution in [0.2, 0.25) is 0 Å². The molecule has 3 aromatic rings. The van der Waals surface area contributed by atoms with Crippen LogP contribution in [0.3, 0.4) is 0 Å². The monoisotopic (exact) mass is 463 g/mol. The number of rotatable bonds is 5. The molecule has 0 unspecified atom stereocenters. The highest BCUT2D eigenvalue weighted by atomic mass is 32.2. The molecule has 2 aromatic carbocycles. The average Bonchev–Trinajstić information content (AvgIpc) is 3.10. The largest absolute Gasteiger partial charge is 0.449 e. The van der Waals surface area contributed by atoms with E-state index in [9.17, 15) is 9.59 Å². The first-order valence-electron chi connectivity index (χ1n) is 11.3. The Balaban J connectivity index is 1.50. The number of ether oxygens (including phenoxy) is 1. The Morgan fingerprint density at radius 3 is 2.58 bits per heavy atom. The molecule has 7 heteroatoms. The second-order valence-electron chi connectivity index (χ2n) is 8.18. The molecule has 172 valence electrons. The Bertz CT molecular complexity index is 1140. The number of benzene rings is 2. The van der Waals surface area contributed by atoms with E-state index in [2.05, 4.69) is 19.9 Å². The second kappa shape index (κ2) is 10.7. The van der Waals surface area contributed by atoms with Crippen molar-refractivity contribution in [3.8, 4) is 11.3 Å². The number of hydrogen-bond acceptors (Lipinski definition) is 5. The fraction of sp³-hybridized carbons (Fsp3) is 0.346. The Kier molecular flexibility index (Phi) is 7.50. The van der Waals surface area contributed by atoms with Crippen molar-refractivity contribution in [1.29, 1.82) is 0 Å². The smallest absolute Gasteiger partial charge is 0.410 e. The Labute approximate surface area is 198 Å². The van der Waals surface area contributed by atoms with E-state index in [0.29, 0.717) is 37.0 Å². The number of nitrogens with zero attached hydrogens (tertiary/aromatic N) is 3. The van der Waals surface area contributed by atoms with Crippen LogP contribution in [0.15, 0.2) is 54.6 Å². The van der Waals surface area contributed by atoms with E-state index in [0.717, 1.165) is 40.6 Å². The average molecular weight is 464 g/mol. The molecule has 1 aromatic heterocycles. The van der Waals surface area contributed by atoms with Crippen LogP contribution in [0.4, 0.5) is 4.79 Å². The normalized spacial score (nSPS) is 14.2. The van der Waals surface area contributed by atoms with Crippen LogP contribution in [0, 0.1) is 6.92 Å². The third kappa shape index (κ3) is 5.47. The number of amides is 2. The van der Waals surface area contributed by atoms with E-state index < -0.39 is 0 Å². The molecule has 1 aliphatic heterocycles. The summed E-state index contributed by atoms with van der Waals surface area (Å²) in [7, 11) is 0. The summed E-state index contributed by atoms with van der Waals surface area (Å²) in [4.78, 5) is 33.9. The van der Waals surface area contributed by atoms with Crippen LogP contribution < -0.4 is 0 Å². The molecule has 0 N–H and O–H groups in total. The Hall–Kier alpha value is -3.06.